The molecule has 0 aromatic heterocycles. The number of nitrogens with zero attached hydrogens (tertiary/aromatic N) is 2. The Morgan fingerprint density at radius 3 is 2.22 bits per heavy atom. The summed E-state index contributed by atoms with van der Waals surface area (Å²) >= 11 is 0. The Kier molecular flexibility index (Phi) is 4.37. The van der Waals surface area contributed by atoms with E-state index in [4.69, 9.17) is 4.74 Å². The van der Waals surface area contributed by atoms with Gasteiger partial charge in [-0.15, -0.1) is 0 Å². The molecule has 23 heavy (non-hydrogen) atoms. The molecule has 2 aliphatic heterocycles. The fraction of sp³-hybridized carbons (Fsp3) is 0.632. The first-order chi connectivity index (χ1) is 10.8. The van der Waals surface area contributed by atoms with Gasteiger partial charge in [0.15, 0.2) is 0 Å². The lowest BCUT2D eigenvalue weighted by atomic mass is 10.0. The Labute approximate surface area is 139 Å². The zero-order valence-electron chi connectivity index (χ0n) is 14.7. The molecular weight excluding hydrogens is 288 g/mol. The van der Waals surface area contributed by atoms with Crippen LogP contribution in [-0.2, 0) is 4.74 Å². The minimum atomic E-state index is -0.426. The van der Waals surface area contributed by atoms with Crippen molar-refractivity contribution in [1.29, 1.82) is 0 Å². The zero-order valence-corrected chi connectivity index (χ0v) is 14.7. The van der Waals surface area contributed by atoms with E-state index in [-0.39, 0.29) is 18.2 Å². The number of piperazine rings is 1. The van der Waals surface area contributed by atoms with Gasteiger partial charge in [0.1, 0.15) is 5.60 Å². The molecule has 2 bridgehead atoms. The third-order valence-corrected chi connectivity index (χ3v) is 4.94. The van der Waals surface area contributed by atoms with Gasteiger partial charge in [-0.3, -0.25) is 9.80 Å². The van der Waals surface area contributed by atoms with E-state index in [0.717, 1.165) is 25.9 Å². The summed E-state index contributed by atoms with van der Waals surface area (Å²) in [5.74, 6) is 0. The number of fused-ring (bicyclic) bond motifs is 2. The average molecular weight is 316 g/mol. The molecule has 1 aromatic carbocycles. The molecule has 4 nitrogen and oxygen atoms in total. The van der Waals surface area contributed by atoms with Crippen molar-refractivity contribution in [2.45, 2.75) is 64.3 Å². The fourth-order valence-corrected chi connectivity index (χ4v) is 3.81. The van der Waals surface area contributed by atoms with Crippen LogP contribution in [0.5, 0.6) is 0 Å². The van der Waals surface area contributed by atoms with E-state index in [1.807, 2.05) is 25.7 Å². The summed E-state index contributed by atoms with van der Waals surface area (Å²) in [7, 11) is 0. The summed E-state index contributed by atoms with van der Waals surface area (Å²) in [5, 5.41) is 0. The number of carbonyl (C=O) groups excluding carboxylic acids is 1. The van der Waals surface area contributed by atoms with Crippen molar-refractivity contribution < 1.29 is 9.53 Å². The number of carbonyl (C=O) groups is 1. The Morgan fingerprint density at radius 2 is 1.70 bits per heavy atom. The average Bonchev–Trinajstić information content (AvgIpc) is 2.76. The van der Waals surface area contributed by atoms with Gasteiger partial charge >= 0.3 is 6.09 Å². The predicted octanol–water partition coefficient (Wildman–Crippen LogP) is 3.83. The largest absolute Gasteiger partial charge is 0.444 e. The summed E-state index contributed by atoms with van der Waals surface area (Å²) < 4.78 is 5.61. The van der Waals surface area contributed by atoms with Crippen LogP contribution in [0.2, 0.25) is 0 Å². The zero-order chi connectivity index (χ0) is 16.6. The van der Waals surface area contributed by atoms with Crippen LogP contribution in [0.3, 0.4) is 0 Å². The maximum Gasteiger partial charge on any atom is 0.410 e. The normalized spacial score (nSPS) is 26.2. The quantitative estimate of drug-likeness (QED) is 0.831. The highest BCUT2D eigenvalue weighted by Gasteiger charge is 2.45. The molecule has 0 radical (unpaired) electrons. The van der Waals surface area contributed by atoms with Gasteiger partial charge in [-0.2, -0.15) is 0 Å². The summed E-state index contributed by atoms with van der Waals surface area (Å²) in [6.07, 6.45) is 2.03. The van der Waals surface area contributed by atoms with Crippen LogP contribution in [0.1, 0.15) is 52.1 Å². The van der Waals surface area contributed by atoms with E-state index >= 15 is 0 Å². The number of ether oxygens (including phenoxy) is 1. The Morgan fingerprint density at radius 1 is 1.13 bits per heavy atom. The second-order valence-electron chi connectivity index (χ2n) is 7.81. The fourth-order valence-electron chi connectivity index (χ4n) is 3.81. The van der Waals surface area contributed by atoms with Crippen molar-refractivity contribution in [3.05, 3.63) is 35.9 Å². The lowest BCUT2D eigenvalue weighted by Crippen LogP contribution is -2.56. The maximum absolute atomic E-state index is 12.5. The number of amides is 1. The lowest BCUT2D eigenvalue weighted by Gasteiger charge is -2.43. The van der Waals surface area contributed by atoms with Crippen LogP contribution in [0.4, 0.5) is 4.79 Å². The Balaban J connectivity index is 1.68. The van der Waals surface area contributed by atoms with Crippen LogP contribution >= 0.6 is 0 Å². The smallest absolute Gasteiger partial charge is 0.410 e. The first kappa shape index (κ1) is 16.3. The van der Waals surface area contributed by atoms with Gasteiger partial charge < -0.3 is 4.74 Å². The monoisotopic (exact) mass is 316 g/mol. The molecular formula is C19H28N2O2. The molecule has 0 saturated carbocycles. The van der Waals surface area contributed by atoms with Crippen LogP contribution in [0, 0.1) is 0 Å². The van der Waals surface area contributed by atoms with Crippen molar-refractivity contribution in [2.75, 3.05) is 13.1 Å². The van der Waals surface area contributed by atoms with Gasteiger partial charge in [-0.25, -0.2) is 4.79 Å². The van der Waals surface area contributed by atoms with Gasteiger partial charge in [0.2, 0.25) is 0 Å². The maximum atomic E-state index is 12.5. The van der Waals surface area contributed by atoms with Crippen LogP contribution in [0.15, 0.2) is 30.3 Å². The van der Waals surface area contributed by atoms with Gasteiger partial charge in [0.05, 0.1) is 0 Å². The molecule has 1 aromatic rings. The molecule has 0 aliphatic carbocycles. The Bertz CT molecular complexity index is 538. The highest BCUT2D eigenvalue weighted by atomic mass is 16.6. The first-order valence-electron chi connectivity index (χ1n) is 8.65. The van der Waals surface area contributed by atoms with E-state index in [1.54, 1.807) is 0 Å². The highest BCUT2D eigenvalue weighted by molar-refractivity contribution is 5.69. The van der Waals surface area contributed by atoms with E-state index < -0.39 is 5.60 Å². The number of likely N-dealkylation sites (tertiary alicyclic amines) is 1. The molecule has 2 aliphatic rings. The van der Waals surface area contributed by atoms with Gasteiger partial charge in [-0.05, 0) is 46.1 Å². The molecule has 2 heterocycles. The highest BCUT2D eigenvalue weighted by Crippen LogP contribution is 2.35. The van der Waals surface area contributed by atoms with Gasteiger partial charge in [0.25, 0.3) is 0 Å². The summed E-state index contributed by atoms with van der Waals surface area (Å²) in [5.41, 5.74) is 0.919. The van der Waals surface area contributed by atoms with Gasteiger partial charge in [0, 0.05) is 31.2 Å². The summed E-state index contributed by atoms with van der Waals surface area (Å²) in [4.78, 5) is 17.0. The van der Waals surface area contributed by atoms with Gasteiger partial charge in [-0.1, -0.05) is 30.3 Å². The molecule has 0 spiro atoms. The lowest BCUT2D eigenvalue weighted by molar-refractivity contribution is -0.00993. The first-order valence-corrected chi connectivity index (χ1v) is 8.65. The van der Waals surface area contributed by atoms with Crippen molar-refractivity contribution in [3.8, 4) is 0 Å². The SMILES string of the molecule is CC(c1ccccc1)N1C[C@H]2CC[C@@H](C1)N2C(=O)OC(C)(C)C. The van der Waals surface area contributed by atoms with Crippen molar-refractivity contribution in [3.63, 3.8) is 0 Å². The number of benzene rings is 1. The molecule has 2 saturated heterocycles. The second kappa shape index (κ2) is 6.16. The van der Waals surface area contributed by atoms with E-state index in [2.05, 4.69) is 42.2 Å². The minimum Gasteiger partial charge on any atom is -0.444 e. The topological polar surface area (TPSA) is 32.8 Å². The molecule has 4 heteroatoms. The third kappa shape index (κ3) is 3.52. The number of hydrogen-bond acceptors (Lipinski definition) is 3. The molecule has 3 rings (SSSR count). The molecule has 3 atom stereocenters. The van der Waals surface area contributed by atoms with Crippen molar-refractivity contribution in [1.82, 2.24) is 9.80 Å². The van der Waals surface area contributed by atoms with E-state index in [1.165, 1.54) is 5.56 Å². The Hall–Kier alpha value is -1.55. The van der Waals surface area contributed by atoms with Crippen LogP contribution < -0.4 is 0 Å². The summed E-state index contributed by atoms with van der Waals surface area (Å²) in [6, 6.07) is 11.6. The van der Waals surface area contributed by atoms with Crippen molar-refractivity contribution >= 4 is 6.09 Å². The molecule has 1 amide bonds. The number of rotatable bonds is 2. The second-order valence-corrected chi connectivity index (χ2v) is 7.81. The number of hydrogen-bond donors (Lipinski definition) is 0. The summed E-state index contributed by atoms with van der Waals surface area (Å²) in [6.45, 7) is 9.93. The van der Waals surface area contributed by atoms with Crippen LogP contribution in [0.25, 0.3) is 0 Å². The molecule has 126 valence electrons. The molecule has 2 fully saturated rings. The molecule has 0 N–H and O–H groups in total. The predicted molar refractivity (Wildman–Crippen MR) is 91.3 cm³/mol. The molecule has 1 unspecified atom stereocenters. The van der Waals surface area contributed by atoms with E-state index in [0.29, 0.717) is 6.04 Å². The van der Waals surface area contributed by atoms with Crippen LogP contribution in [-0.4, -0.2) is 46.7 Å². The van der Waals surface area contributed by atoms with E-state index in [9.17, 15) is 4.79 Å². The minimum absolute atomic E-state index is 0.142. The standard InChI is InChI=1S/C19H28N2O2/c1-14(15-8-6-5-7-9-15)20-12-16-10-11-17(13-20)21(16)18(22)23-19(2,3)4/h5-9,14,16-17H,10-13H2,1-4H3/t14?,16-,17+. The van der Waals surface area contributed by atoms with Crippen molar-refractivity contribution in [2.24, 2.45) is 0 Å². The third-order valence-electron chi connectivity index (χ3n) is 4.94.